The molecular formula is C14H19ClN2. The number of aromatic nitrogens is 1. The van der Waals surface area contributed by atoms with Gasteiger partial charge in [0.2, 0.25) is 0 Å². The van der Waals surface area contributed by atoms with Crippen LogP contribution in [-0.2, 0) is 13.5 Å². The van der Waals surface area contributed by atoms with Crippen LogP contribution >= 0.6 is 11.6 Å². The second-order valence-corrected chi connectivity index (χ2v) is 4.93. The minimum absolute atomic E-state index is 0.805. The van der Waals surface area contributed by atoms with Crippen molar-refractivity contribution in [3.05, 3.63) is 34.5 Å². The van der Waals surface area contributed by atoms with Crippen molar-refractivity contribution in [3.8, 4) is 0 Å². The van der Waals surface area contributed by atoms with Gasteiger partial charge < -0.3 is 9.88 Å². The van der Waals surface area contributed by atoms with Gasteiger partial charge in [-0.1, -0.05) is 17.7 Å². The van der Waals surface area contributed by atoms with Crippen molar-refractivity contribution < 1.29 is 0 Å². The molecule has 1 N–H and O–H groups in total. The van der Waals surface area contributed by atoms with Crippen molar-refractivity contribution in [2.45, 2.75) is 19.8 Å². The van der Waals surface area contributed by atoms with Crippen LogP contribution in [-0.4, -0.2) is 18.2 Å². The lowest BCUT2D eigenvalue weighted by molar-refractivity contribution is 0.722. The molecule has 92 valence electrons. The third-order valence-electron chi connectivity index (χ3n) is 3.44. The molecule has 0 saturated heterocycles. The molecule has 0 aliphatic carbocycles. The summed E-state index contributed by atoms with van der Waals surface area (Å²) >= 11 is 6.06. The largest absolute Gasteiger partial charge is 0.348 e. The smallest absolute Gasteiger partial charge is 0.0497 e. The Morgan fingerprint density at radius 2 is 2.12 bits per heavy atom. The van der Waals surface area contributed by atoms with Crippen molar-refractivity contribution in [3.63, 3.8) is 0 Å². The molecule has 3 heteroatoms. The number of benzene rings is 1. The maximum absolute atomic E-state index is 6.06. The van der Waals surface area contributed by atoms with E-state index in [1.165, 1.54) is 28.6 Å². The van der Waals surface area contributed by atoms with Crippen LogP contribution in [0.2, 0.25) is 5.02 Å². The van der Waals surface area contributed by atoms with Gasteiger partial charge in [0.15, 0.2) is 0 Å². The number of fused-ring (bicyclic) bond motifs is 1. The van der Waals surface area contributed by atoms with Gasteiger partial charge in [0.05, 0.1) is 0 Å². The van der Waals surface area contributed by atoms with Crippen LogP contribution < -0.4 is 5.32 Å². The van der Waals surface area contributed by atoms with Gasteiger partial charge in [-0.05, 0) is 51.1 Å². The summed E-state index contributed by atoms with van der Waals surface area (Å²) in [5, 5.41) is 5.34. The number of rotatable bonds is 4. The van der Waals surface area contributed by atoms with Crippen LogP contribution in [0, 0.1) is 6.92 Å². The Kier molecular flexibility index (Phi) is 3.75. The molecule has 2 nitrogen and oxygen atoms in total. The molecule has 0 aliphatic heterocycles. The summed E-state index contributed by atoms with van der Waals surface area (Å²) in [6.45, 7) is 3.24. The average Bonchev–Trinajstić information content (AvgIpc) is 2.54. The Bertz CT molecular complexity index is 528. The van der Waals surface area contributed by atoms with E-state index in [0.717, 1.165) is 18.0 Å². The summed E-state index contributed by atoms with van der Waals surface area (Å²) in [7, 11) is 4.10. The molecule has 1 aromatic carbocycles. The SMILES string of the molecule is CNCCCc1c(C)n(C)c2cc(Cl)ccc12. The van der Waals surface area contributed by atoms with E-state index >= 15 is 0 Å². The summed E-state index contributed by atoms with van der Waals surface area (Å²) in [5.41, 5.74) is 4.03. The van der Waals surface area contributed by atoms with Crippen LogP contribution in [0.15, 0.2) is 18.2 Å². The molecule has 2 aromatic rings. The normalized spacial score (nSPS) is 11.3. The van der Waals surface area contributed by atoms with E-state index in [0.29, 0.717) is 0 Å². The van der Waals surface area contributed by atoms with Gasteiger partial charge in [-0.2, -0.15) is 0 Å². The topological polar surface area (TPSA) is 17.0 Å². The fraction of sp³-hybridized carbons (Fsp3) is 0.429. The van der Waals surface area contributed by atoms with E-state index < -0.39 is 0 Å². The Hall–Kier alpha value is -0.990. The second-order valence-electron chi connectivity index (χ2n) is 4.49. The van der Waals surface area contributed by atoms with Crippen molar-refractivity contribution in [1.29, 1.82) is 0 Å². The highest BCUT2D eigenvalue weighted by molar-refractivity contribution is 6.31. The van der Waals surface area contributed by atoms with Gasteiger partial charge in [-0.3, -0.25) is 0 Å². The molecule has 0 fully saturated rings. The lowest BCUT2D eigenvalue weighted by atomic mass is 10.1. The predicted octanol–water partition coefficient (Wildman–Crippen LogP) is 3.29. The second kappa shape index (κ2) is 5.11. The summed E-state index contributed by atoms with van der Waals surface area (Å²) < 4.78 is 2.23. The van der Waals surface area contributed by atoms with Gasteiger partial charge in [0.1, 0.15) is 0 Å². The van der Waals surface area contributed by atoms with E-state index in [1.54, 1.807) is 0 Å². The van der Waals surface area contributed by atoms with E-state index in [4.69, 9.17) is 11.6 Å². The zero-order valence-electron chi connectivity index (χ0n) is 10.7. The quantitative estimate of drug-likeness (QED) is 0.824. The molecule has 0 radical (unpaired) electrons. The Labute approximate surface area is 108 Å². The molecule has 0 bridgehead atoms. The molecule has 0 atom stereocenters. The van der Waals surface area contributed by atoms with Crippen molar-refractivity contribution in [1.82, 2.24) is 9.88 Å². The summed E-state index contributed by atoms with van der Waals surface area (Å²) in [4.78, 5) is 0. The average molecular weight is 251 g/mol. The van der Waals surface area contributed by atoms with Crippen LogP contribution in [0.3, 0.4) is 0 Å². The molecule has 17 heavy (non-hydrogen) atoms. The first kappa shape index (κ1) is 12.5. The number of halogens is 1. The highest BCUT2D eigenvalue weighted by Crippen LogP contribution is 2.28. The first-order valence-corrected chi connectivity index (χ1v) is 6.41. The summed E-state index contributed by atoms with van der Waals surface area (Å²) in [6, 6.07) is 6.16. The Balaban J connectivity index is 2.44. The highest BCUT2D eigenvalue weighted by atomic mass is 35.5. The van der Waals surface area contributed by atoms with Crippen LogP contribution in [0.4, 0.5) is 0 Å². The molecule has 1 aromatic heterocycles. The molecule has 2 rings (SSSR count). The molecule has 0 saturated carbocycles. The lowest BCUT2D eigenvalue weighted by Gasteiger charge is -2.02. The predicted molar refractivity (Wildman–Crippen MR) is 74.9 cm³/mol. The highest BCUT2D eigenvalue weighted by Gasteiger charge is 2.11. The summed E-state index contributed by atoms with van der Waals surface area (Å²) in [6.07, 6.45) is 2.28. The maximum Gasteiger partial charge on any atom is 0.0497 e. The van der Waals surface area contributed by atoms with E-state index in [1.807, 2.05) is 19.2 Å². The number of hydrogen-bond acceptors (Lipinski definition) is 1. The van der Waals surface area contributed by atoms with Gasteiger partial charge >= 0.3 is 0 Å². The maximum atomic E-state index is 6.06. The fourth-order valence-corrected chi connectivity index (χ4v) is 2.54. The molecule has 0 unspecified atom stereocenters. The van der Waals surface area contributed by atoms with Crippen LogP contribution in [0.5, 0.6) is 0 Å². The van der Waals surface area contributed by atoms with Crippen molar-refractivity contribution in [2.24, 2.45) is 7.05 Å². The molecule has 0 aliphatic rings. The third kappa shape index (κ3) is 2.33. The fourth-order valence-electron chi connectivity index (χ4n) is 2.37. The lowest BCUT2D eigenvalue weighted by Crippen LogP contribution is -2.08. The standard InChI is InChI=1S/C14H19ClN2/c1-10-12(5-4-8-16-2)13-7-6-11(15)9-14(13)17(10)3/h6-7,9,16H,4-5,8H2,1-3H3. The van der Waals surface area contributed by atoms with Gasteiger partial charge in [-0.25, -0.2) is 0 Å². The van der Waals surface area contributed by atoms with E-state index in [-0.39, 0.29) is 0 Å². The zero-order chi connectivity index (χ0) is 12.4. The Morgan fingerprint density at radius 3 is 2.82 bits per heavy atom. The van der Waals surface area contributed by atoms with Gasteiger partial charge in [0.25, 0.3) is 0 Å². The molecule has 0 amide bonds. The van der Waals surface area contributed by atoms with Crippen molar-refractivity contribution in [2.75, 3.05) is 13.6 Å². The van der Waals surface area contributed by atoms with E-state index in [2.05, 4.69) is 29.9 Å². The molecule has 0 spiro atoms. The minimum atomic E-state index is 0.805. The van der Waals surface area contributed by atoms with E-state index in [9.17, 15) is 0 Å². The summed E-state index contributed by atoms with van der Waals surface area (Å²) in [5.74, 6) is 0. The zero-order valence-corrected chi connectivity index (χ0v) is 11.4. The number of nitrogens with zero attached hydrogens (tertiary/aromatic N) is 1. The van der Waals surface area contributed by atoms with Gasteiger partial charge in [0, 0.05) is 28.7 Å². The number of aryl methyl sites for hydroxylation is 2. The number of hydrogen-bond donors (Lipinski definition) is 1. The van der Waals surface area contributed by atoms with Gasteiger partial charge in [-0.15, -0.1) is 0 Å². The first-order valence-electron chi connectivity index (χ1n) is 6.03. The monoisotopic (exact) mass is 250 g/mol. The van der Waals surface area contributed by atoms with Crippen LogP contribution in [0.1, 0.15) is 17.7 Å². The third-order valence-corrected chi connectivity index (χ3v) is 3.67. The molecule has 1 heterocycles. The molecular weight excluding hydrogens is 232 g/mol. The Morgan fingerprint density at radius 1 is 1.35 bits per heavy atom. The number of nitrogens with one attached hydrogen (secondary N) is 1. The minimum Gasteiger partial charge on any atom is -0.348 e. The van der Waals surface area contributed by atoms with Crippen LogP contribution in [0.25, 0.3) is 10.9 Å². The van der Waals surface area contributed by atoms with Crippen molar-refractivity contribution >= 4 is 22.5 Å². The first-order chi connectivity index (χ1) is 8.15.